The van der Waals surface area contributed by atoms with Crippen LogP contribution in [-0.2, 0) is 4.79 Å². The SMILES string of the molecule is COc1cc(/C=c2/sc3n(c2=O)[C@H](c2ccccc2)C(C(=O)Oc2ccccc2)=C(C)N=3)cc(Br)c1OCCOc1ccc(C)c(C)c1. The van der Waals surface area contributed by atoms with Crippen molar-refractivity contribution in [3.8, 4) is 23.0 Å². The average Bonchev–Trinajstić information content (AvgIpc) is 3.38. The molecule has 6 rings (SSSR count). The first kappa shape index (κ1) is 33.0. The van der Waals surface area contributed by atoms with Gasteiger partial charge >= 0.3 is 5.97 Å². The Balaban J connectivity index is 1.30. The van der Waals surface area contributed by atoms with Gasteiger partial charge in [-0.1, -0.05) is 65.9 Å². The minimum atomic E-state index is -0.719. The van der Waals surface area contributed by atoms with Gasteiger partial charge in [0.15, 0.2) is 16.3 Å². The molecule has 0 fully saturated rings. The number of aromatic nitrogens is 1. The number of fused-ring (bicyclic) bond motifs is 1. The second-order valence-electron chi connectivity index (χ2n) is 11.2. The summed E-state index contributed by atoms with van der Waals surface area (Å²) in [5.41, 5.74) is 4.38. The molecule has 0 saturated carbocycles. The van der Waals surface area contributed by atoms with Gasteiger partial charge in [-0.05, 0) is 101 Å². The van der Waals surface area contributed by atoms with Crippen molar-refractivity contribution in [1.29, 1.82) is 0 Å². The Bertz CT molecular complexity index is 2190. The van der Waals surface area contributed by atoms with Crippen LogP contribution in [0.2, 0.25) is 0 Å². The first-order valence-corrected chi connectivity index (χ1v) is 16.9. The topological polar surface area (TPSA) is 88.4 Å². The lowest BCUT2D eigenvalue weighted by molar-refractivity contribution is -0.130. The molecule has 0 unspecified atom stereocenters. The molecule has 2 heterocycles. The minimum absolute atomic E-state index is 0.274. The van der Waals surface area contributed by atoms with Crippen molar-refractivity contribution in [2.75, 3.05) is 20.3 Å². The monoisotopic (exact) mass is 724 g/mol. The number of allylic oxidation sites excluding steroid dienone is 1. The van der Waals surface area contributed by atoms with Crippen molar-refractivity contribution in [2.45, 2.75) is 26.8 Å². The number of esters is 1. The number of para-hydroxylation sites is 1. The van der Waals surface area contributed by atoms with E-state index in [2.05, 4.69) is 22.9 Å². The number of thiazole rings is 1. The summed E-state index contributed by atoms with van der Waals surface area (Å²) in [4.78, 5) is 32.9. The van der Waals surface area contributed by atoms with E-state index in [1.54, 1.807) is 48.9 Å². The number of rotatable bonds is 10. The molecule has 1 aliphatic rings. The summed E-state index contributed by atoms with van der Waals surface area (Å²) >= 11 is 4.87. The zero-order chi connectivity index (χ0) is 33.8. The fourth-order valence-electron chi connectivity index (χ4n) is 5.41. The smallest absolute Gasteiger partial charge is 0.343 e. The molecule has 0 aliphatic carbocycles. The molecule has 244 valence electrons. The third-order valence-electron chi connectivity index (χ3n) is 7.94. The molecule has 8 nitrogen and oxygen atoms in total. The van der Waals surface area contributed by atoms with E-state index in [9.17, 15) is 9.59 Å². The van der Waals surface area contributed by atoms with E-state index in [0.717, 1.165) is 22.4 Å². The summed E-state index contributed by atoms with van der Waals surface area (Å²) in [7, 11) is 1.57. The number of hydrogen-bond donors (Lipinski definition) is 0. The van der Waals surface area contributed by atoms with Gasteiger partial charge in [0.1, 0.15) is 24.7 Å². The summed E-state index contributed by atoms with van der Waals surface area (Å²) in [6.45, 7) is 6.53. The zero-order valence-corrected chi connectivity index (χ0v) is 29.3. The number of ether oxygens (including phenoxy) is 4. The molecule has 10 heteroatoms. The quantitative estimate of drug-likeness (QED) is 0.0907. The van der Waals surface area contributed by atoms with Gasteiger partial charge < -0.3 is 18.9 Å². The summed E-state index contributed by atoms with van der Waals surface area (Å²) < 4.78 is 26.0. The molecule has 0 spiro atoms. The number of hydrogen-bond acceptors (Lipinski definition) is 8. The van der Waals surface area contributed by atoms with Gasteiger partial charge in [-0.25, -0.2) is 9.79 Å². The van der Waals surface area contributed by atoms with E-state index in [-0.39, 0.29) is 5.56 Å². The Hall–Kier alpha value is -4.93. The van der Waals surface area contributed by atoms with E-state index in [1.165, 1.54) is 16.9 Å². The fourth-order valence-corrected chi connectivity index (χ4v) is 7.03. The number of carbonyl (C=O) groups is 1. The van der Waals surface area contributed by atoms with Crippen molar-refractivity contribution >= 4 is 39.3 Å². The molecule has 0 amide bonds. The average molecular weight is 726 g/mol. The predicted octanol–water partition coefficient (Wildman–Crippen LogP) is 6.69. The highest BCUT2D eigenvalue weighted by molar-refractivity contribution is 9.10. The van der Waals surface area contributed by atoms with E-state index in [0.29, 0.717) is 55.5 Å². The van der Waals surface area contributed by atoms with Crippen LogP contribution in [0.4, 0.5) is 0 Å². The number of halogens is 1. The molecule has 1 aliphatic heterocycles. The highest BCUT2D eigenvalue weighted by Gasteiger charge is 2.33. The van der Waals surface area contributed by atoms with Crippen LogP contribution in [0, 0.1) is 13.8 Å². The highest BCUT2D eigenvalue weighted by Crippen LogP contribution is 2.37. The van der Waals surface area contributed by atoms with Gasteiger partial charge in [-0.3, -0.25) is 9.36 Å². The van der Waals surface area contributed by atoms with E-state index < -0.39 is 12.0 Å². The Morgan fingerprint density at radius 1 is 0.896 bits per heavy atom. The van der Waals surface area contributed by atoms with Gasteiger partial charge in [0.05, 0.1) is 33.4 Å². The molecule has 0 bridgehead atoms. The van der Waals surface area contributed by atoms with E-state index in [4.69, 9.17) is 23.9 Å². The second-order valence-corrected chi connectivity index (χ2v) is 13.0. The van der Waals surface area contributed by atoms with Crippen LogP contribution in [0.15, 0.2) is 117 Å². The van der Waals surface area contributed by atoms with E-state index in [1.807, 2.05) is 73.7 Å². The van der Waals surface area contributed by atoms with Crippen LogP contribution in [0.3, 0.4) is 0 Å². The maximum absolute atomic E-state index is 14.1. The van der Waals surface area contributed by atoms with Gasteiger partial charge in [0.25, 0.3) is 5.56 Å². The molecule has 0 saturated heterocycles. The molecular formula is C38H33BrN2O6S. The molecule has 5 aromatic rings. The molecular weight excluding hydrogens is 692 g/mol. The number of aryl methyl sites for hydroxylation is 2. The van der Waals surface area contributed by atoms with Crippen molar-refractivity contribution in [2.24, 2.45) is 4.99 Å². The molecule has 1 aromatic heterocycles. The lowest BCUT2D eigenvalue weighted by atomic mass is 9.96. The van der Waals surface area contributed by atoms with Gasteiger partial charge in [0.2, 0.25) is 0 Å². The Morgan fingerprint density at radius 2 is 1.60 bits per heavy atom. The Labute approximate surface area is 290 Å². The summed E-state index contributed by atoms with van der Waals surface area (Å²) in [5.74, 6) is 1.66. The standard InChI is InChI=1S/C38H33BrN2O6S/c1-23-15-16-29(19-24(23)2)45-17-18-46-35-30(39)20-26(21-31(35)44-4)22-32-36(42)41-34(27-11-7-5-8-12-27)33(25(3)40-38(41)48-32)37(43)47-28-13-9-6-10-14-28/h5-16,19-22,34H,17-18H2,1-4H3/b32-22+/t34-/m1/s1. The summed E-state index contributed by atoms with van der Waals surface area (Å²) in [5, 5.41) is 0. The van der Waals surface area contributed by atoms with Crippen molar-refractivity contribution in [3.63, 3.8) is 0 Å². The van der Waals surface area contributed by atoms with Gasteiger partial charge in [-0.15, -0.1) is 0 Å². The van der Waals surface area contributed by atoms with Crippen LogP contribution < -0.4 is 33.8 Å². The second kappa shape index (κ2) is 14.5. The maximum Gasteiger partial charge on any atom is 0.343 e. The first-order valence-electron chi connectivity index (χ1n) is 15.3. The normalized spacial score (nSPS) is 14.3. The minimum Gasteiger partial charge on any atom is -0.493 e. The lowest BCUT2D eigenvalue weighted by Crippen LogP contribution is -2.40. The maximum atomic E-state index is 14.1. The largest absolute Gasteiger partial charge is 0.493 e. The summed E-state index contributed by atoms with van der Waals surface area (Å²) in [6.07, 6.45) is 1.78. The number of nitrogens with zero attached hydrogens (tertiary/aromatic N) is 2. The summed E-state index contributed by atoms with van der Waals surface area (Å²) in [6, 6.07) is 27.2. The third kappa shape index (κ3) is 7.00. The predicted molar refractivity (Wildman–Crippen MR) is 190 cm³/mol. The Morgan fingerprint density at radius 3 is 2.31 bits per heavy atom. The van der Waals surface area contributed by atoms with Crippen LogP contribution in [0.5, 0.6) is 23.0 Å². The van der Waals surface area contributed by atoms with E-state index >= 15 is 0 Å². The number of benzene rings is 4. The number of carbonyl (C=O) groups excluding carboxylic acids is 1. The molecule has 0 radical (unpaired) electrons. The van der Waals surface area contributed by atoms with Crippen molar-refractivity contribution in [3.05, 3.63) is 149 Å². The highest BCUT2D eigenvalue weighted by atomic mass is 79.9. The Kier molecular flexibility index (Phi) is 9.93. The zero-order valence-electron chi connectivity index (χ0n) is 26.9. The van der Waals surface area contributed by atoms with Crippen LogP contribution in [-0.4, -0.2) is 30.9 Å². The molecule has 48 heavy (non-hydrogen) atoms. The number of methoxy groups -OCH3 is 1. The van der Waals surface area contributed by atoms with Crippen LogP contribution >= 0.6 is 27.3 Å². The molecule has 1 atom stereocenters. The first-order chi connectivity index (χ1) is 23.2. The van der Waals surface area contributed by atoms with Gasteiger partial charge in [-0.2, -0.15) is 0 Å². The van der Waals surface area contributed by atoms with Gasteiger partial charge in [0, 0.05) is 0 Å². The van der Waals surface area contributed by atoms with Crippen molar-refractivity contribution in [1.82, 2.24) is 4.57 Å². The fraction of sp³-hybridized carbons (Fsp3) is 0.184. The van der Waals surface area contributed by atoms with Crippen molar-refractivity contribution < 1.29 is 23.7 Å². The van der Waals surface area contributed by atoms with Crippen LogP contribution in [0.25, 0.3) is 6.08 Å². The molecule has 4 aromatic carbocycles. The van der Waals surface area contributed by atoms with Crippen LogP contribution in [0.1, 0.15) is 35.2 Å². The molecule has 0 N–H and O–H groups in total. The third-order valence-corrected chi connectivity index (χ3v) is 9.51. The lowest BCUT2D eigenvalue weighted by Gasteiger charge is -2.24.